The number of rotatable bonds is 5. The van der Waals surface area contributed by atoms with Crippen molar-refractivity contribution in [1.29, 1.82) is 0 Å². The Bertz CT molecular complexity index is 1620. The average molecular weight is 575 g/mol. The van der Waals surface area contributed by atoms with Gasteiger partial charge in [0.1, 0.15) is 5.82 Å². The Balaban J connectivity index is 1.60. The molecule has 2 unspecified atom stereocenters. The molecule has 3 aliphatic rings. The number of nitrogens with zero attached hydrogens (tertiary/aromatic N) is 6. The number of aromatic nitrogens is 4. The number of hydrogen-bond donors (Lipinski definition) is 0. The quantitative estimate of drug-likeness (QED) is 0.363. The molecule has 0 spiro atoms. The van der Waals surface area contributed by atoms with Gasteiger partial charge in [0.2, 0.25) is 5.91 Å². The zero-order valence-corrected chi connectivity index (χ0v) is 25.4. The van der Waals surface area contributed by atoms with Crippen molar-refractivity contribution in [1.82, 2.24) is 24.4 Å². The van der Waals surface area contributed by atoms with Gasteiger partial charge in [0.25, 0.3) is 0 Å². The lowest BCUT2D eigenvalue weighted by Gasteiger charge is -2.44. The van der Waals surface area contributed by atoms with Crippen molar-refractivity contribution in [3.05, 3.63) is 63.4 Å². The van der Waals surface area contributed by atoms with E-state index in [2.05, 4.69) is 37.2 Å². The average Bonchev–Trinajstić information content (AvgIpc) is 3.69. The van der Waals surface area contributed by atoms with Gasteiger partial charge in [0.15, 0.2) is 5.65 Å². The number of carbonyl (C=O) groups is 1. The van der Waals surface area contributed by atoms with E-state index < -0.39 is 0 Å². The van der Waals surface area contributed by atoms with E-state index in [1.807, 2.05) is 30.9 Å². The maximum Gasteiger partial charge on any atom is 0.355 e. The predicted octanol–water partition coefficient (Wildman–Crippen LogP) is 5.70. The fourth-order valence-electron chi connectivity index (χ4n) is 7.31. The molecule has 2 aliphatic carbocycles. The fraction of sp³-hybridized carbons (Fsp3) is 0.531. The molecule has 41 heavy (non-hydrogen) atoms. The largest absolute Gasteiger partial charge is 0.355 e. The van der Waals surface area contributed by atoms with Crippen LogP contribution in [-0.4, -0.2) is 55.5 Å². The van der Waals surface area contributed by atoms with Crippen LogP contribution in [0.25, 0.3) is 16.7 Å². The summed E-state index contributed by atoms with van der Waals surface area (Å²) in [6.07, 6.45) is 8.95. The molecule has 4 heterocycles. The van der Waals surface area contributed by atoms with Gasteiger partial charge in [0.05, 0.1) is 27.5 Å². The number of fused-ring (bicyclic) bond motifs is 2. The molecule has 3 aromatic heterocycles. The summed E-state index contributed by atoms with van der Waals surface area (Å²) in [4.78, 5) is 45.3. The molecule has 6 rings (SSSR count). The number of aryl methyl sites for hydroxylation is 1. The lowest BCUT2D eigenvalue weighted by atomic mass is 9.85. The molecule has 1 amide bonds. The zero-order valence-electron chi connectivity index (χ0n) is 24.7. The molecule has 8 nitrogen and oxygen atoms in total. The van der Waals surface area contributed by atoms with Gasteiger partial charge in [-0.2, -0.15) is 4.98 Å². The summed E-state index contributed by atoms with van der Waals surface area (Å²) in [5, 5.41) is 1.38. The van der Waals surface area contributed by atoms with E-state index in [0.29, 0.717) is 35.5 Å². The molecule has 1 saturated heterocycles. The minimum absolute atomic E-state index is 0.00280. The summed E-state index contributed by atoms with van der Waals surface area (Å²) in [7, 11) is 0. The first-order chi connectivity index (χ1) is 19.6. The molecule has 9 heteroatoms. The number of carbonyl (C=O) groups excluding carboxylic acids is 1. The second kappa shape index (κ2) is 10.2. The van der Waals surface area contributed by atoms with E-state index in [1.54, 1.807) is 10.8 Å². The molecule has 3 aromatic rings. The van der Waals surface area contributed by atoms with Crippen LogP contribution in [0.15, 0.2) is 35.8 Å². The summed E-state index contributed by atoms with van der Waals surface area (Å²) in [5.74, 6) is 1.17. The Morgan fingerprint density at radius 3 is 2.68 bits per heavy atom. The Morgan fingerprint density at radius 1 is 1.20 bits per heavy atom. The number of pyridine rings is 2. The third-order valence-corrected chi connectivity index (χ3v) is 9.86. The zero-order chi connectivity index (χ0) is 29.2. The minimum atomic E-state index is -0.385. The van der Waals surface area contributed by atoms with Crippen LogP contribution in [0.5, 0.6) is 0 Å². The van der Waals surface area contributed by atoms with Crippen molar-refractivity contribution in [2.24, 2.45) is 5.92 Å². The van der Waals surface area contributed by atoms with Crippen molar-refractivity contribution < 1.29 is 4.79 Å². The maximum absolute atomic E-state index is 14.1. The van der Waals surface area contributed by atoms with Gasteiger partial charge in [-0.15, -0.1) is 0 Å². The summed E-state index contributed by atoms with van der Waals surface area (Å²) in [6.45, 7) is 14.9. The third-order valence-electron chi connectivity index (χ3n) is 9.57. The third kappa shape index (κ3) is 4.46. The van der Waals surface area contributed by atoms with Crippen molar-refractivity contribution in [2.45, 2.75) is 90.1 Å². The fourth-order valence-corrected chi connectivity index (χ4v) is 7.65. The SMILES string of the molecule is C=CC(=O)N1C[C@H](C)N(c2nc(=O)n(-c3c(C)ccnc3C(C)C)c3nc(C45CCCCC4C5)c(Cl)cc23)C[C@H]1C. The number of anilines is 1. The first-order valence-electron chi connectivity index (χ1n) is 14.9. The van der Waals surface area contributed by atoms with Gasteiger partial charge in [-0.3, -0.25) is 9.78 Å². The number of halogens is 1. The Morgan fingerprint density at radius 2 is 1.98 bits per heavy atom. The maximum atomic E-state index is 14.1. The van der Waals surface area contributed by atoms with Gasteiger partial charge in [-0.1, -0.05) is 44.9 Å². The monoisotopic (exact) mass is 574 g/mol. The molecule has 3 fully saturated rings. The first kappa shape index (κ1) is 27.9. The summed E-state index contributed by atoms with van der Waals surface area (Å²) in [5.41, 5.74) is 3.62. The van der Waals surface area contributed by atoms with E-state index in [4.69, 9.17) is 21.6 Å². The Hall–Kier alpha value is -3.26. The predicted molar refractivity (Wildman–Crippen MR) is 163 cm³/mol. The van der Waals surface area contributed by atoms with E-state index in [1.165, 1.54) is 25.3 Å². The summed E-state index contributed by atoms with van der Waals surface area (Å²) in [6, 6.07) is 3.76. The van der Waals surface area contributed by atoms with E-state index in [9.17, 15) is 9.59 Å². The lowest BCUT2D eigenvalue weighted by Crippen LogP contribution is -2.58. The van der Waals surface area contributed by atoms with E-state index in [0.717, 1.165) is 40.9 Å². The van der Waals surface area contributed by atoms with Crippen LogP contribution in [0.3, 0.4) is 0 Å². The van der Waals surface area contributed by atoms with Crippen molar-refractivity contribution >= 4 is 34.4 Å². The normalized spacial score (nSPS) is 25.9. The molecule has 0 bridgehead atoms. The summed E-state index contributed by atoms with van der Waals surface area (Å²) < 4.78 is 1.67. The van der Waals surface area contributed by atoms with Crippen molar-refractivity contribution in [2.75, 3.05) is 18.0 Å². The lowest BCUT2D eigenvalue weighted by molar-refractivity contribution is -0.128. The van der Waals surface area contributed by atoms with E-state index >= 15 is 0 Å². The first-order valence-corrected chi connectivity index (χ1v) is 15.2. The van der Waals surface area contributed by atoms with Gasteiger partial charge >= 0.3 is 5.69 Å². The number of piperazine rings is 1. The molecular formula is C32H39ClN6O2. The Labute approximate surface area is 246 Å². The van der Waals surface area contributed by atoms with Crippen LogP contribution in [0.4, 0.5) is 5.82 Å². The van der Waals surface area contributed by atoms with Crippen LogP contribution in [0, 0.1) is 12.8 Å². The van der Waals surface area contributed by atoms with Crippen molar-refractivity contribution in [3.8, 4) is 5.69 Å². The van der Waals surface area contributed by atoms with Crippen LogP contribution in [0.2, 0.25) is 5.02 Å². The molecule has 0 N–H and O–H groups in total. The molecule has 0 radical (unpaired) electrons. The smallest absolute Gasteiger partial charge is 0.349 e. The highest BCUT2D eigenvalue weighted by atomic mass is 35.5. The molecule has 4 atom stereocenters. The van der Waals surface area contributed by atoms with Gasteiger partial charge in [-0.25, -0.2) is 14.3 Å². The van der Waals surface area contributed by atoms with Gasteiger partial charge in [-0.05, 0) is 75.6 Å². The van der Waals surface area contributed by atoms with Crippen LogP contribution < -0.4 is 10.6 Å². The van der Waals surface area contributed by atoms with Gasteiger partial charge < -0.3 is 9.80 Å². The molecule has 0 aromatic carbocycles. The standard InChI is InChI=1S/C32H39ClN6O2/c1-7-25(40)37-16-21(6)38(17-20(37)5)29-23-14-24(33)28(32-12-9-8-10-22(32)15-32)35-30(23)39(31(41)36-29)27-19(4)11-13-34-26(27)18(2)3/h7,11,13-14,18,20-22H,1,8-10,12,15-17H2,2-6H3/t20-,21+,22?,32?/m1/s1. The van der Waals surface area contributed by atoms with E-state index in [-0.39, 0.29) is 35.0 Å². The molecule has 2 saturated carbocycles. The van der Waals surface area contributed by atoms with Crippen LogP contribution in [-0.2, 0) is 10.2 Å². The molecular weight excluding hydrogens is 536 g/mol. The van der Waals surface area contributed by atoms with Crippen LogP contribution >= 0.6 is 11.6 Å². The summed E-state index contributed by atoms with van der Waals surface area (Å²) >= 11 is 7.09. The topological polar surface area (TPSA) is 84.2 Å². The Kier molecular flexibility index (Phi) is 6.96. The second-order valence-electron chi connectivity index (χ2n) is 12.6. The minimum Gasteiger partial charge on any atom is -0.349 e. The molecule has 1 aliphatic heterocycles. The second-order valence-corrected chi connectivity index (χ2v) is 13.0. The number of hydrogen-bond acceptors (Lipinski definition) is 6. The highest BCUT2D eigenvalue weighted by molar-refractivity contribution is 6.32. The highest BCUT2D eigenvalue weighted by Gasteiger charge is 2.57. The van der Waals surface area contributed by atoms with Crippen molar-refractivity contribution in [3.63, 3.8) is 0 Å². The van der Waals surface area contributed by atoms with Crippen LogP contribution in [0.1, 0.15) is 82.7 Å². The molecule has 216 valence electrons. The number of amides is 1. The highest BCUT2D eigenvalue weighted by Crippen LogP contribution is 2.63. The van der Waals surface area contributed by atoms with Gasteiger partial charge in [0, 0.05) is 36.8 Å².